The van der Waals surface area contributed by atoms with E-state index < -0.39 is 17.6 Å². The SMILES string of the molecule is NC1(C(=O)N2CC3CCCC3C2C(=O)O)CCOC1. The van der Waals surface area contributed by atoms with Crippen LogP contribution in [0.5, 0.6) is 0 Å². The lowest BCUT2D eigenvalue weighted by molar-refractivity contribution is -0.151. The Morgan fingerprint density at radius 3 is 2.79 bits per heavy atom. The molecular formula is C13H20N2O4. The lowest BCUT2D eigenvalue weighted by Crippen LogP contribution is -2.58. The van der Waals surface area contributed by atoms with Gasteiger partial charge < -0.3 is 20.5 Å². The van der Waals surface area contributed by atoms with Crippen LogP contribution in [-0.2, 0) is 14.3 Å². The van der Waals surface area contributed by atoms with Gasteiger partial charge in [0.25, 0.3) is 0 Å². The summed E-state index contributed by atoms with van der Waals surface area (Å²) in [5.74, 6) is -0.708. The van der Waals surface area contributed by atoms with Crippen molar-refractivity contribution in [2.45, 2.75) is 37.3 Å². The van der Waals surface area contributed by atoms with Gasteiger partial charge in [-0.3, -0.25) is 4.79 Å². The van der Waals surface area contributed by atoms with Crippen LogP contribution in [0.15, 0.2) is 0 Å². The highest BCUT2D eigenvalue weighted by Crippen LogP contribution is 2.43. The van der Waals surface area contributed by atoms with Gasteiger partial charge in [0.15, 0.2) is 0 Å². The summed E-state index contributed by atoms with van der Waals surface area (Å²) in [6, 6.07) is -0.693. The highest BCUT2D eigenvalue weighted by molar-refractivity contribution is 5.91. The van der Waals surface area contributed by atoms with Crippen molar-refractivity contribution >= 4 is 11.9 Å². The van der Waals surface area contributed by atoms with Crippen molar-refractivity contribution < 1.29 is 19.4 Å². The fraction of sp³-hybridized carbons (Fsp3) is 0.846. The average Bonchev–Trinajstić information content (AvgIpc) is 3.01. The molecule has 1 amide bonds. The molecule has 1 saturated carbocycles. The number of carboxylic acids is 1. The molecule has 3 rings (SSSR count). The van der Waals surface area contributed by atoms with Crippen LogP contribution in [0.1, 0.15) is 25.7 Å². The Kier molecular flexibility index (Phi) is 3.02. The molecule has 0 aromatic rings. The van der Waals surface area contributed by atoms with E-state index in [0.717, 1.165) is 19.3 Å². The second kappa shape index (κ2) is 4.45. The number of nitrogens with zero attached hydrogens (tertiary/aromatic N) is 1. The summed E-state index contributed by atoms with van der Waals surface area (Å²) in [6.07, 6.45) is 3.47. The van der Waals surface area contributed by atoms with Crippen LogP contribution in [0.2, 0.25) is 0 Å². The van der Waals surface area contributed by atoms with Gasteiger partial charge in [0, 0.05) is 13.2 Å². The molecule has 106 valence electrons. The second-order valence-corrected chi connectivity index (χ2v) is 6.05. The van der Waals surface area contributed by atoms with Gasteiger partial charge in [-0.15, -0.1) is 0 Å². The van der Waals surface area contributed by atoms with Crippen molar-refractivity contribution in [3.8, 4) is 0 Å². The lowest BCUT2D eigenvalue weighted by atomic mass is 9.93. The van der Waals surface area contributed by atoms with Crippen LogP contribution in [0.4, 0.5) is 0 Å². The van der Waals surface area contributed by atoms with Crippen molar-refractivity contribution in [3.63, 3.8) is 0 Å². The van der Waals surface area contributed by atoms with E-state index in [4.69, 9.17) is 10.5 Å². The number of carbonyl (C=O) groups is 2. The number of rotatable bonds is 2. The standard InChI is InChI=1S/C13H20N2O4/c14-13(4-5-19-7-13)12(18)15-6-8-2-1-3-9(8)10(15)11(16)17/h8-10H,1-7,14H2,(H,16,17). The molecule has 0 radical (unpaired) electrons. The summed E-state index contributed by atoms with van der Waals surface area (Å²) in [6.45, 7) is 1.21. The molecule has 2 heterocycles. The van der Waals surface area contributed by atoms with Gasteiger partial charge in [-0.05, 0) is 31.1 Å². The van der Waals surface area contributed by atoms with E-state index in [2.05, 4.69) is 0 Å². The molecule has 3 N–H and O–H groups in total. The van der Waals surface area contributed by atoms with Crippen LogP contribution in [0.25, 0.3) is 0 Å². The van der Waals surface area contributed by atoms with Gasteiger partial charge >= 0.3 is 5.97 Å². The molecule has 4 unspecified atom stereocenters. The summed E-state index contributed by atoms with van der Waals surface area (Å²) in [7, 11) is 0. The largest absolute Gasteiger partial charge is 0.480 e. The minimum Gasteiger partial charge on any atom is -0.480 e. The Hall–Kier alpha value is -1.14. The fourth-order valence-electron chi connectivity index (χ4n) is 3.87. The van der Waals surface area contributed by atoms with E-state index in [9.17, 15) is 14.7 Å². The predicted molar refractivity (Wildman–Crippen MR) is 66.3 cm³/mol. The van der Waals surface area contributed by atoms with Crippen molar-refractivity contribution in [1.29, 1.82) is 0 Å². The zero-order valence-corrected chi connectivity index (χ0v) is 10.9. The van der Waals surface area contributed by atoms with E-state index in [0.29, 0.717) is 25.5 Å². The number of amides is 1. The molecule has 0 aromatic heterocycles. The first-order valence-corrected chi connectivity index (χ1v) is 6.93. The Bertz CT molecular complexity index is 405. The van der Waals surface area contributed by atoms with E-state index in [1.54, 1.807) is 0 Å². The number of carboxylic acid groups (broad SMARTS) is 1. The third-order valence-electron chi connectivity index (χ3n) is 4.88. The number of nitrogens with two attached hydrogens (primary N) is 1. The van der Waals surface area contributed by atoms with Crippen LogP contribution in [0, 0.1) is 11.8 Å². The molecule has 2 saturated heterocycles. The first-order chi connectivity index (χ1) is 9.03. The summed E-state index contributed by atoms with van der Waals surface area (Å²) in [5, 5.41) is 9.44. The Morgan fingerprint density at radius 2 is 2.16 bits per heavy atom. The maximum atomic E-state index is 12.6. The van der Waals surface area contributed by atoms with Crippen molar-refractivity contribution in [2.24, 2.45) is 17.6 Å². The number of ether oxygens (including phenoxy) is 1. The molecule has 1 aliphatic carbocycles. The quantitative estimate of drug-likeness (QED) is 0.724. The van der Waals surface area contributed by atoms with Gasteiger partial charge in [0.2, 0.25) is 5.91 Å². The van der Waals surface area contributed by atoms with Crippen LogP contribution in [-0.4, -0.2) is 53.2 Å². The van der Waals surface area contributed by atoms with E-state index in [1.807, 2.05) is 0 Å². The molecule has 2 aliphatic heterocycles. The van der Waals surface area contributed by atoms with Gasteiger partial charge in [-0.2, -0.15) is 0 Å². The normalized spacial score (nSPS) is 41.5. The monoisotopic (exact) mass is 268 g/mol. The Labute approximate surface area is 111 Å². The Balaban J connectivity index is 1.83. The molecule has 0 spiro atoms. The number of hydrogen-bond acceptors (Lipinski definition) is 4. The number of hydrogen-bond donors (Lipinski definition) is 2. The minimum absolute atomic E-state index is 0.104. The predicted octanol–water partition coefficient (Wildman–Crippen LogP) is -0.184. The van der Waals surface area contributed by atoms with Crippen molar-refractivity contribution in [1.82, 2.24) is 4.90 Å². The maximum absolute atomic E-state index is 12.6. The third kappa shape index (κ3) is 1.94. The van der Waals surface area contributed by atoms with E-state index in [1.165, 1.54) is 4.90 Å². The van der Waals surface area contributed by atoms with Crippen LogP contribution in [0.3, 0.4) is 0 Å². The number of aliphatic carboxylic acids is 1. The van der Waals surface area contributed by atoms with E-state index >= 15 is 0 Å². The van der Waals surface area contributed by atoms with E-state index in [-0.39, 0.29) is 18.4 Å². The number of likely N-dealkylation sites (tertiary alicyclic amines) is 1. The van der Waals surface area contributed by atoms with Crippen molar-refractivity contribution in [3.05, 3.63) is 0 Å². The van der Waals surface area contributed by atoms with Crippen molar-refractivity contribution in [2.75, 3.05) is 19.8 Å². The topological polar surface area (TPSA) is 92.9 Å². The molecule has 6 nitrogen and oxygen atoms in total. The molecule has 4 atom stereocenters. The number of carbonyl (C=O) groups excluding carboxylic acids is 1. The van der Waals surface area contributed by atoms with Gasteiger partial charge in [-0.1, -0.05) is 6.42 Å². The summed E-state index contributed by atoms with van der Waals surface area (Å²) < 4.78 is 5.21. The first-order valence-electron chi connectivity index (χ1n) is 6.93. The smallest absolute Gasteiger partial charge is 0.326 e. The second-order valence-electron chi connectivity index (χ2n) is 6.05. The molecule has 3 fully saturated rings. The summed E-state index contributed by atoms with van der Waals surface area (Å²) in [4.78, 5) is 25.6. The molecule has 6 heteroatoms. The highest BCUT2D eigenvalue weighted by atomic mass is 16.5. The highest BCUT2D eigenvalue weighted by Gasteiger charge is 2.53. The Morgan fingerprint density at radius 1 is 1.37 bits per heavy atom. The fourth-order valence-corrected chi connectivity index (χ4v) is 3.87. The zero-order chi connectivity index (χ0) is 13.6. The van der Waals surface area contributed by atoms with Gasteiger partial charge in [0.1, 0.15) is 11.6 Å². The molecule has 0 bridgehead atoms. The van der Waals surface area contributed by atoms with Crippen LogP contribution < -0.4 is 5.73 Å². The molecule has 19 heavy (non-hydrogen) atoms. The third-order valence-corrected chi connectivity index (χ3v) is 4.88. The number of fused-ring (bicyclic) bond motifs is 1. The molecule has 0 aromatic carbocycles. The van der Waals surface area contributed by atoms with Crippen LogP contribution >= 0.6 is 0 Å². The first kappa shape index (κ1) is 12.9. The summed E-state index contributed by atoms with van der Waals surface area (Å²) in [5.41, 5.74) is 5.06. The molecule has 3 aliphatic rings. The van der Waals surface area contributed by atoms with Gasteiger partial charge in [-0.25, -0.2) is 4.79 Å². The zero-order valence-electron chi connectivity index (χ0n) is 10.9. The van der Waals surface area contributed by atoms with Gasteiger partial charge in [0.05, 0.1) is 6.61 Å². The summed E-state index contributed by atoms with van der Waals surface area (Å²) >= 11 is 0. The average molecular weight is 268 g/mol. The molecular weight excluding hydrogens is 248 g/mol. The maximum Gasteiger partial charge on any atom is 0.326 e. The lowest BCUT2D eigenvalue weighted by Gasteiger charge is -2.31. The minimum atomic E-state index is -1.02.